The summed E-state index contributed by atoms with van der Waals surface area (Å²) in [6.07, 6.45) is 97.0. The molecule has 8 nitrogen and oxygen atoms in total. The van der Waals surface area contributed by atoms with E-state index in [1.807, 2.05) is 46.2 Å². The number of halogens is 2. The molecule has 654 valence electrons. The lowest BCUT2D eigenvalue weighted by Gasteiger charge is -2.21. The Hall–Kier alpha value is -4.02. The lowest BCUT2D eigenvalue weighted by molar-refractivity contribution is -0.127. The number of rotatable bonds is 76. The molecule has 3 aromatic carbocycles. The number of esters is 2. The van der Waals surface area contributed by atoms with Crippen LogP contribution in [-0.4, -0.2) is 36.8 Å². The summed E-state index contributed by atoms with van der Waals surface area (Å²) in [5.41, 5.74) is 4.80. The van der Waals surface area contributed by atoms with Crippen LogP contribution in [0, 0.1) is 11.8 Å². The predicted octanol–water partition coefficient (Wildman–Crippen LogP) is 35.0. The minimum absolute atomic E-state index is 0.183. The van der Waals surface area contributed by atoms with E-state index in [4.69, 9.17) is 9.47 Å². The molecule has 4 aliphatic heterocycles. The lowest BCUT2D eigenvalue weighted by Crippen LogP contribution is -2.28. The van der Waals surface area contributed by atoms with Gasteiger partial charge in [-0.1, -0.05) is 508 Å². The van der Waals surface area contributed by atoms with Gasteiger partial charge in [0.05, 0.1) is 33.7 Å². The molecule has 0 fully saturated rings. The fourth-order valence-electron chi connectivity index (χ4n) is 19.5. The van der Waals surface area contributed by atoms with E-state index in [9.17, 15) is 9.59 Å². The first-order chi connectivity index (χ1) is 57.1. The number of fused-ring (bicyclic) bond motifs is 4. The van der Waals surface area contributed by atoms with Gasteiger partial charge in [-0.25, -0.2) is 9.59 Å². The van der Waals surface area contributed by atoms with E-state index in [-0.39, 0.29) is 34.5 Å². The Morgan fingerprint density at radius 1 is 0.241 bits per heavy atom. The van der Waals surface area contributed by atoms with Crippen LogP contribution < -0.4 is 19.3 Å². The van der Waals surface area contributed by atoms with Gasteiger partial charge in [-0.05, 0) is 73.9 Å². The summed E-state index contributed by atoms with van der Waals surface area (Å²) < 4.78 is 14.1. The molecule has 4 heterocycles. The van der Waals surface area contributed by atoms with Crippen molar-refractivity contribution in [2.24, 2.45) is 11.8 Å². The highest BCUT2D eigenvalue weighted by molar-refractivity contribution is 9.10. The van der Waals surface area contributed by atoms with Gasteiger partial charge in [-0.15, -0.1) is 0 Å². The van der Waals surface area contributed by atoms with E-state index >= 15 is 9.59 Å². The number of unbranched alkanes of at least 4 members (excludes halogenated alkanes) is 60. The summed E-state index contributed by atoms with van der Waals surface area (Å²) in [4.78, 5) is 63.3. The maximum absolute atomic E-state index is 15.2. The molecule has 10 heteroatoms. The van der Waals surface area contributed by atoms with Crippen molar-refractivity contribution in [3.63, 3.8) is 0 Å². The average Bonchev–Trinajstić information content (AvgIpc) is 1.57. The van der Waals surface area contributed by atoms with Crippen LogP contribution in [0.15, 0.2) is 57.5 Å². The summed E-state index contributed by atoms with van der Waals surface area (Å²) in [5.74, 6) is 0.101. The highest BCUT2D eigenvalue weighted by Crippen LogP contribution is 2.53. The molecular formula is C106H170Br2N2O6. The minimum Gasteiger partial charge on any atom is -0.422 e. The molecule has 0 saturated heterocycles. The van der Waals surface area contributed by atoms with Crippen LogP contribution in [0.3, 0.4) is 0 Å². The Bertz CT molecular complexity index is 2960. The van der Waals surface area contributed by atoms with E-state index < -0.39 is 11.9 Å². The molecule has 0 bridgehead atoms. The van der Waals surface area contributed by atoms with Gasteiger partial charge in [0.2, 0.25) is 0 Å². The van der Waals surface area contributed by atoms with Crippen molar-refractivity contribution in [3.05, 3.63) is 79.7 Å². The Kier molecular flexibility index (Phi) is 53.8. The van der Waals surface area contributed by atoms with Crippen LogP contribution in [0.4, 0.5) is 11.4 Å². The Morgan fingerprint density at radius 2 is 0.440 bits per heavy atom. The van der Waals surface area contributed by atoms with Crippen LogP contribution in [0.2, 0.25) is 0 Å². The second-order valence-corrected chi connectivity index (χ2v) is 38.6. The smallest absolute Gasteiger partial charge is 0.345 e. The molecule has 0 saturated carbocycles. The standard InChI is InChI=1S/C106H170Br2N2O6/c1-5-9-13-17-21-25-29-33-37-41-45-49-53-57-61-65-71-87(72-66-62-58-54-50-46-42-38-34-30-26-22-18-14-10-6-2)75-69-81-109-95-83-89(107)77-79-91(95)99(103(109)111)101-93-85-98-94(86-97(93)115-105(101)113)102(106(114)116-98)100-92-80-78-90(108)84-96(92)110(104(100)112)82-70-76-88(73-67-63-59-55-51-47-43-39-35-31-27-23-19-15-11-7-3)74-68-64-60-56-52-48-44-40-36-32-28-24-20-16-12-8-4/h77-80,83-88H,5-76,81-82H2,1-4H3/b101-99+,102-100+. The second-order valence-electron chi connectivity index (χ2n) is 36.7. The molecule has 0 N–H and O–H groups in total. The number of carbonyl (C=O) groups is 4. The second kappa shape index (κ2) is 63.0. The van der Waals surface area contributed by atoms with Crippen molar-refractivity contribution >= 4 is 89.3 Å². The molecule has 7 rings (SSSR count). The van der Waals surface area contributed by atoms with Crippen LogP contribution in [0.1, 0.15) is 512 Å². The van der Waals surface area contributed by atoms with E-state index in [0.29, 0.717) is 58.3 Å². The minimum atomic E-state index is -0.609. The Morgan fingerprint density at radius 3 is 0.655 bits per heavy atom. The third-order valence-corrected chi connectivity index (χ3v) is 27.7. The summed E-state index contributed by atoms with van der Waals surface area (Å²) in [6, 6.07) is 15.2. The molecular weight excluding hydrogens is 1560 g/mol. The Labute approximate surface area is 728 Å². The molecule has 0 aliphatic carbocycles. The van der Waals surface area contributed by atoms with Gasteiger partial charge in [0.1, 0.15) is 11.5 Å². The third kappa shape index (κ3) is 37.8. The SMILES string of the molecule is CCCCCCCCCCCCCCCCCCC(CCCCCCCCCCCCCCCCCC)CCCN1C(=O)/C(=C2/C(=O)Oc3cc4c(cc32)OC(=O)/C4=C2/C(=O)N(CCCC(CCCCCCCCCCCCCCCCCC)CCCCCCCCCCCCCCCCCC)c3cc(Br)ccc32)c2ccc(Br)cc21. The van der Waals surface area contributed by atoms with Gasteiger partial charge in [-0.3, -0.25) is 9.59 Å². The zero-order valence-corrected chi connectivity index (χ0v) is 78.4. The number of amides is 2. The van der Waals surface area contributed by atoms with Gasteiger partial charge in [0, 0.05) is 44.3 Å². The number of ether oxygens (including phenoxy) is 2. The first-order valence-electron chi connectivity index (χ1n) is 50.4. The van der Waals surface area contributed by atoms with E-state index in [1.165, 1.54) is 437 Å². The normalized spacial score (nSPS) is 15.1. The number of benzene rings is 3. The maximum atomic E-state index is 15.2. The van der Waals surface area contributed by atoms with Crippen molar-refractivity contribution in [1.29, 1.82) is 0 Å². The molecule has 0 aromatic heterocycles. The number of anilines is 2. The van der Waals surface area contributed by atoms with Crippen molar-refractivity contribution < 1.29 is 28.7 Å². The summed E-state index contributed by atoms with van der Waals surface area (Å²) in [6.45, 7) is 10.3. The van der Waals surface area contributed by atoms with Crippen molar-refractivity contribution in [2.75, 3.05) is 22.9 Å². The van der Waals surface area contributed by atoms with E-state index in [0.717, 1.165) is 46.0 Å². The quantitative estimate of drug-likeness (QED) is 0.0242. The summed E-state index contributed by atoms with van der Waals surface area (Å²) >= 11 is 7.48. The van der Waals surface area contributed by atoms with E-state index in [1.54, 1.807) is 12.1 Å². The average molecular weight is 1730 g/mol. The fourth-order valence-corrected chi connectivity index (χ4v) is 20.2. The van der Waals surface area contributed by atoms with Gasteiger partial charge < -0.3 is 19.3 Å². The molecule has 0 unspecified atom stereocenters. The van der Waals surface area contributed by atoms with Crippen LogP contribution in [0.25, 0.3) is 22.3 Å². The highest BCUT2D eigenvalue weighted by Gasteiger charge is 2.45. The first kappa shape index (κ1) is 99.1. The van der Waals surface area contributed by atoms with Crippen LogP contribution in [-0.2, 0) is 19.2 Å². The van der Waals surface area contributed by atoms with Gasteiger partial charge >= 0.3 is 11.9 Å². The van der Waals surface area contributed by atoms with Crippen molar-refractivity contribution in [2.45, 2.75) is 490 Å². The molecule has 0 spiro atoms. The van der Waals surface area contributed by atoms with Gasteiger partial charge in [0.15, 0.2) is 0 Å². The summed E-state index contributed by atoms with van der Waals surface area (Å²) in [7, 11) is 0. The molecule has 4 aliphatic rings. The van der Waals surface area contributed by atoms with Crippen LogP contribution >= 0.6 is 31.9 Å². The molecule has 2 amide bonds. The monoisotopic (exact) mass is 1730 g/mol. The van der Waals surface area contributed by atoms with Crippen LogP contribution in [0.5, 0.6) is 11.5 Å². The summed E-state index contributed by atoms with van der Waals surface area (Å²) in [5, 5.41) is 0. The van der Waals surface area contributed by atoms with Crippen molar-refractivity contribution in [1.82, 2.24) is 0 Å². The Balaban J connectivity index is 0.945. The van der Waals surface area contributed by atoms with E-state index in [2.05, 4.69) is 59.6 Å². The first-order valence-corrected chi connectivity index (χ1v) is 52.0. The third-order valence-electron chi connectivity index (χ3n) is 26.7. The van der Waals surface area contributed by atoms with Crippen molar-refractivity contribution in [3.8, 4) is 11.5 Å². The molecule has 3 aromatic rings. The fraction of sp³-hybridized carbons (Fsp3) is 0.755. The number of hydrogen-bond donors (Lipinski definition) is 0. The molecule has 0 atom stereocenters. The number of nitrogens with zero attached hydrogens (tertiary/aromatic N) is 2. The predicted molar refractivity (Wildman–Crippen MR) is 506 cm³/mol. The maximum Gasteiger partial charge on any atom is 0.345 e. The number of carbonyl (C=O) groups excluding carboxylic acids is 4. The van der Waals surface area contributed by atoms with Gasteiger partial charge in [0.25, 0.3) is 11.8 Å². The molecule has 116 heavy (non-hydrogen) atoms. The molecule has 0 radical (unpaired) electrons. The zero-order valence-electron chi connectivity index (χ0n) is 75.2. The highest BCUT2D eigenvalue weighted by atomic mass is 79.9. The number of hydrogen-bond acceptors (Lipinski definition) is 6. The largest absolute Gasteiger partial charge is 0.422 e. The zero-order chi connectivity index (χ0) is 82.1. The topological polar surface area (TPSA) is 93.2 Å². The van der Waals surface area contributed by atoms with Gasteiger partial charge in [-0.2, -0.15) is 0 Å². The lowest BCUT2D eigenvalue weighted by atomic mass is 9.90.